The van der Waals surface area contributed by atoms with Crippen LogP contribution in [0.3, 0.4) is 0 Å². The van der Waals surface area contributed by atoms with Crippen molar-refractivity contribution in [1.29, 1.82) is 0 Å². The maximum Gasteiger partial charge on any atom is 0.264 e. The third kappa shape index (κ3) is 5.36. The molecule has 0 fully saturated rings. The topological polar surface area (TPSA) is 121 Å². The Balaban J connectivity index is 1.59. The van der Waals surface area contributed by atoms with Crippen LogP contribution in [0.4, 0.5) is 5.69 Å². The van der Waals surface area contributed by atoms with E-state index in [-0.39, 0.29) is 28.3 Å². The van der Waals surface area contributed by atoms with Gasteiger partial charge in [0.25, 0.3) is 15.9 Å². The van der Waals surface area contributed by atoms with Gasteiger partial charge in [-0.2, -0.15) is 8.75 Å². The van der Waals surface area contributed by atoms with Gasteiger partial charge < -0.3 is 10.4 Å². The first-order valence-electron chi connectivity index (χ1n) is 10.3. The summed E-state index contributed by atoms with van der Waals surface area (Å²) in [6, 6.07) is 16.1. The predicted octanol–water partition coefficient (Wildman–Crippen LogP) is 3.79. The van der Waals surface area contributed by atoms with Crippen LogP contribution < -0.4 is 10.0 Å². The molecule has 1 heterocycles. The lowest BCUT2D eigenvalue weighted by atomic mass is 10.0. The quantitative estimate of drug-likeness (QED) is 0.327. The van der Waals surface area contributed by atoms with Gasteiger partial charge in [0.2, 0.25) is 0 Å². The van der Waals surface area contributed by atoms with Crippen molar-refractivity contribution in [3.8, 4) is 0 Å². The number of hydrogen-bond donors (Lipinski definition) is 3. The number of rotatable bonds is 8. The molecule has 8 nitrogen and oxygen atoms in total. The van der Waals surface area contributed by atoms with E-state index >= 15 is 0 Å². The summed E-state index contributed by atoms with van der Waals surface area (Å²) >= 11 is 6.84. The van der Waals surface area contributed by atoms with Gasteiger partial charge in [-0.15, -0.1) is 0 Å². The summed E-state index contributed by atoms with van der Waals surface area (Å²) < 4.78 is 37.1. The van der Waals surface area contributed by atoms with Gasteiger partial charge in [0, 0.05) is 5.02 Å². The molecule has 0 radical (unpaired) electrons. The molecular weight excluding hydrogens is 496 g/mol. The Hall–Kier alpha value is -3.05. The van der Waals surface area contributed by atoms with Crippen molar-refractivity contribution >= 4 is 56.0 Å². The van der Waals surface area contributed by atoms with Gasteiger partial charge in [0.15, 0.2) is 0 Å². The molecule has 0 aliphatic carbocycles. The number of benzene rings is 3. The van der Waals surface area contributed by atoms with Crippen LogP contribution >= 0.6 is 23.3 Å². The Labute approximate surface area is 206 Å². The number of aryl methyl sites for hydroxylation is 1. The Bertz CT molecular complexity index is 1440. The number of amides is 1. The van der Waals surface area contributed by atoms with Crippen molar-refractivity contribution in [2.45, 2.75) is 24.3 Å². The van der Waals surface area contributed by atoms with Crippen molar-refractivity contribution in [3.05, 3.63) is 82.4 Å². The molecule has 0 aliphatic heterocycles. The first kappa shape index (κ1) is 24.1. The third-order valence-electron chi connectivity index (χ3n) is 5.15. The highest BCUT2D eigenvalue weighted by Gasteiger charge is 2.23. The summed E-state index contributed by atoms with van der Waals surface area (Å²) in [5.41, 5.74) is 2.65. The molecular formula is C23H21ClN4O4S2. The lowest BCUT2D eigenvalue weighted by Crippen LogP contribution is -2.39. The molecule has 34 heavy (non-hydrogen) atoms. The maximum absolute atomic E-state index is 13.2. The van der Waals surface area contributed by atoms with Gasteiger partial charge >= 0.3 is 0 Å². The highest BCUT2D eigenvalue weighted by atomic mass is 35.5. The summed E-state index contributed by atoms with van der Waals surface area (Å²) in [4.78, 5) is 13.1. The van der Waals surface area contributed by atoms with E-state index in [1.165, 1.54) is 6.07 Å². The average molecular weight is 517 g/mol. The number of carbonyl (C=O) groups is 1. The predicted molar refractivity (Wildman–Crippen MR) is 133 cm³/mol. The fraction of sp³-hybridized carbons (Fsp3) is 0.174. The second-order valence-corrected chi connectivity index (χ2v) is 10.3. The molecule has 3 aromatic carbocycles. The first-order valence-corrected chi connectivity index (χ1v) is 12.9. The average Bonchev–Trinajstić information content (AvgIpc) is 3.28. The molecule has 3 N–H and O–H groups in total. The van der Waals surface area contributed by atoms with E-state index < -0.39 is 22.0 Å². The lowest BCUT2D eigenvalue weighted by molar-refractivity contribution is 0.0917. The Kier molecular flexibility index (Phi) is 7.13. The standard InChI is InChI=1S/C23H21ClN4O4S2/c1-14-5-10-18(23(30)25-17(13-29)12-15-6-8-16(24)9-7-15)20(11-14)28-34(31,32)21-4-2-3-19-22(21)27-33-26-19/h2-11,17,28-29H,12-13H2,1H3,(H,25,30)/t17-/m0/s1. The maximum atomic E-state index is 13.2. The van der Waals surface area contributed by atoms with E-state index in [9.17, 15) is 18.3 Å². The summed E-state index contributed by atoms with van der Waals surface area (Å²) in [5, 5.41) is 13.2. The minimum Gasteiger partial charge on any atom is -0.394 e. The van der Waals surface area contributed by atoms with Gasteiger partial charge in [-0.25, -0.2) is 8.42 Å². The van der Waals surface area contributed by atoms with Gasteiger partial charge in [-0.05, 0) is 60.9 Å². The molecule has 1 amide bonds. The monoisotopic (exact) mass is 516 g/mol. The Morgan fingerprint density at radius 2 is 1.88 bits per heavy atom. The van der Waals surface area contributed by atoms with Crippen molar-refractivity contribution in [2.75, 3.05) is 11.3 Å². The molecule has 0 saturated heterocycles. The minimum atomic E-state index is -4.06. The number of carbonyl (C=O) groups excluding carboxylic acids is 1. The lowest BCUT2D eigenvalue weighted by Gasteiger charge is -2.19. The molecule has 176 valence electrons. The van der Waals surface area contributed by atoms with E-state index in [0.29, 0.717) is 17.0 Å². The fourth-order valence-corrected chi connectivity index (χ4v) is 5.43. The number of fused-ring (bicyclic) bond motifs is 1. The second-order valence-electron chi connectivity index (χ2n) is 7.73. The number of aliphatic hydroxyl groups excluding tert-OH is 1. The second kappa shape index (κ2) is 10.1. The zero-order valence-corrected chi connectivity index (χ0v) is 20.4. The largest absolute Gasteiger partial charge is 0.394 e. The van der Waals surface area contributed by atoms with E-state index in [2.05, 4.69) is 18.8 Å². The molecule has 4 rings (SSSR count). The molecule has 11 heteroatoms. The number of nitrogens with zero attached hydrogens (tertiary/aromatic N) is 2. The molecule has 0 spiro atoms. The van der Waals surface area contributed by atoms with Crippen molar-refractivity contribution in [1.82, 2.24) is 14.1 Å². The van der Waals surface area contributed by atoms with Crippen LogP contribution in [-0.2, 0) is 16.4 Å². The van der Waals surface area contributed by atoms with Gasteiger partial charge in [-0.1, -0.05) is 35.9 Å². The molecule has 0 saturated carbocycles. The van der Waals surface area contributed by atoms with E-state index in [1.54, 1.807) is 49.4 Å². The number of aliphatic hydroxyl groups is 1. The van der Waals surface area contributed by atoms with E-state index in [0.717, 1.165) is 22.9 Å². The minimum absolute atomic E-state index is 0.0254. The zero-order valence-electron chi connectivity index (χ0n) is 18.0. The van der Waals surface area contributed by atoms with E-state index in [4.69, 9.17) is 11.6 Å². The molecule has 0 bridgehead atoms. The number of anilines is 1. The number of halogens is 1. The summed E-state index contributed by atoms with van der Waals surface area (Å²) in [6.07, 6.45) is 0.380. The van der Waals surface area contributed by atoms with Gasteiger partial charge in [0.05, 0.1) is 35.6 Å². The molecule has 4 aromatic rings. The first-order chi connectivity index (χ1) is 16.3. The van der Waals surface area contributed by atoms with Gasteiger partial charge in [-0.3, -0.25) is 9.52 Å². The van der Waals surface area contributed by atoms with Crippen LogP contribution in [0.25, 0.3) is 11.0 Å². The van der Waals surface area contributed by atoms with Crippen LogP contribution in [0.15, 0.2) is 65.6 Å². The number of aromatic nitrogens is 2. The molecule has 0 aliphatic rings. The Morgan fingerprint density at radius 3 is 2.62 bits per heavy atom. The number of nitrogens with one attached hydrogen (secondary N) is 2. The van der Waals surface area contributed by atoms with Crippen LogP contribution in [0.5, 0.6) is 0 Å². The highest BCUT2D eigenvalue weighted by molar-refractivity contribution is 7.93. The van der Waals surface area contributed by atoms with Crippen LogP contribution in [0, 0.1) is 6.92 Å². The van der Waals surface area contributed by atoms with Crippen LogP contribution in [0.2, 0.25) is 5.02 Å². The summed E-state index contributed by atoms with van der Waals surface area (Å²) in [7, 11) is -4.06. The van der Waals surface area contributed by atoms with Gasteiger partial charge in [0.1, 0.15) is 15.9 Å². The third-order valence-corrected chi connectivity index (χ3v) is 7.35. The summed E-state index contributed by atoms with van der Waals surface area (Å²) in [5.74, 6) is -0.515. The number of sulfonamides is 1. The van der Waals surface area contributed by atoms with Crippen LogP contribution in [0.1, 0.15) is 21.5 Å². The summed E-state index contributed by atoms with van der Waals surface area (Å²) in [6.45, 7) is 1.50. The SMILES string of the molecule is Cc1ccc(C(=O)N[C@H](CO)Cc2ccc(Cl)cc2)c(NS(=O)(=O)c2cccc3nsnc23)c1. The zero-order chi connectivity index (χ0) is 24.3. The number of hydrogen-bond acceptors (Lipinski definition) is 7. The van der Waals surface area contributed by atoms with Crippen LogP contribution in [-0.4, -0.2) is 40.8 Å². The Morgan fingerprint density at radius 1 is 1.12 bits per heavy atom. The van der Waals surface area contributed by atoms with Crippen molar-refractivity contribution in [2.24, 2.45) is 0 Å². The van der Waals surface area contributed by atoms with E-state index in [1.807, 2.05) is 12.1 Å². The smallest absolute Gasteiger partial charge is 0.264 e. The molecule has 1 atom stereocenters. The normalized spacial score (nSPS) is 12.4. The fourth-order valence-electron chi connectivity index (χ4n) is 3.47. The highest BCUT2D eigenvalue weighted by Crippen LogP contribution is 2.26. The molecule has 0 unspecified atom stereocenters. The molecule has 1 aromatic heterocycles. The van der Waals surface area contributed by atoms with Crippen molar-refractivity contribution in [3.63, 3.8) is 0 Å². The van der Waals surface area contributed by atoms with Crippen molar-refractivity contribution < 1.29 is 18.3 Å².